The van der Waals surface area contributed by atoms with Crippen LogP contribution in [0.2, 0.25) is 0 Å². The first-order valence-corrected chi connectivity index (χ1v) is 4.82. The van der Waals surface area contributed by atoms with Gasteiger partial charge in [0, 0.05) is 20.2 Å². The number of hydrogen-bond acceptors (Lipinski definition) is 4. The fraction of sp³-hybridized carbons (Fsp3) is 0.500. The van der Waals surface area contributed by atoms with Gasteiger partial charge in [0.1, 0.15) is 5.75 Å². The predicted octanol–water partition coefficient (Wildman–Crippen LogP) is 1.42. The smallest absolute Gasteiger partial charge is 0.387 e. The van der Waals surface area contributed by atoms with Crippen LogP contribution in [-0.2, 0) is 11.3 Å². The van der Waals surface area contributed by atoms with Crippen molar-refractivity contribution < 1.29 is 18.3 Å². The average molecular weight is 232 g/mol. The summed E-state index contributed by atoms with van der Waals surface area (Å²) in [4.78, 5) is 3.97. The van der Waals surface area contributed by atoms with Crippen LogP contribution in [-0.4, -0.2) is 31.9 Å². The first-order valence-electron chi connectivity index (χ1n) is 4.82. The summed E-state index contributed by atoms with van der Waals surface area (Å²) in [5.74, 6) is 0.0654. The van der Waals surface area contributed by atoms with E-state index in [1.165, 1.54) is 12.3 Å². The molecule has 16 heavy (non-hydrogen) atoms. The van der Waals surface area contributed by atoms with E-state index >= 15 is 0 Å². The van der Waals surface area contributed by atoms with Crippen LogP contribution in [0.5, 0.6) is 5.75 Å². The number of methoxy groups -OCH3 is 1. The van der Waals surface area contributed by atoms with Crippen molar-refractivity contribution in [3.8, 4) is 5.75 Å². The number of nitrogens with one attached hydrogen (secondary N) is 1. The van der Waals surface area contributed by atoms with Crippen molar-refractivity contribution >= 4 is 0 Å². The molecular formula is C10H14F2N2O2. The van der Waals surface area contributed by atoms with Gasteiger partial charge in [-0.1, -0.05) is 0 Å². The largest absolute Gasteiger partial charge is 0.433 e. The van der Waals surface area contributed by atoms with E-state index in [0.717, 1.165) is 5.69 Å². The lowest BCUT2D eigenvalue weighted by atomic mass is 10.3. The topological polar surface area (TPSA) is 43.4 Å². The van der Waals surface area contributed by atoms with Crippen molar-refractivity contribution in [2.24, 2.45) is 0 Å². The number of alkyl halides is 2. The molecule has 0 saturated heterocycles. The Morgan fingerprint density at radius 3 is 2.81 bits per heavy atom. The highest BCUT2D eigenvalue weighted by molar-refractivity contribution is 5.19. The summed E-state index contributed by atoms with van der Waals surface area (Å²) in [7, 11) is 1.62. The van der Waals surface area contributed by atoms with E-state index in [4.69, 9.17) is 4.74 Å². The first-order chi connectivity index (χ1) is 7.72. The zero-order valence-corrected chi connectivity index (χ0v) is 8.95. The molecule has 90 valence electrons. The molecule has 1 rings (SSSR count). The minimum absolute atomic E-state index is 0.0654. The fourth-order valence-electron chi connectivity index (χ4n) is 1.08. The molecule has 0 unspecified atom stereocenters. The Kier molecular flexibility index (Phi) is 5.66. The highest BCUT2D eigenvalue weighted by Crippen LogP contribution is 2.12. The van der Waals surface area contributed by atoms with Crippen LogP contribution in [0.3, 0.4) is 0 Å². The van der Waals surface area contributed by atoms with Crippen molar-refractivity contribution in [1.82, 2.24) is 10.3 Å². The molecule has 0 bridgehead atoms. The highest BCUT2D eigenvalue weighted by Gasteiger charge is 2.04. The van der Waals surface area contributed by atoms with Crippen LogP contribution in [0.15, 0.2) is 18.3 Å². The molecule has 0 aliphatic rings. The molecule has 1 aromatic rings. The first kappa shape index (κ1) is 12.8. The van der Waals surface area contributed by atoms with Gasteiger partial charge in [-0.2, -0.15) is 8.78 Å². The summed E-state index contributed by atoms with van der Waals surface area (Å²) in [6.07, 6.45) is 1.28. The number of halogens is 2. The number of ether oxygens (including phenoxy) is 2. The third-order valence-corrected chi connectivity index (χ3v) is 1.81. The Morgan fingerprint density at radius 2 is 2.25 bits per heavy atom. The maximum absolute atomic E-state index is 11.8. The Morgan fingerprint density at radius 1 is 1.44 bits per heavy atom. The molecule has 4 nitrogen and oxygen atoms in total. The van der Waals surface area contributed by atoms with E-state index in [1.54, 1.807) is 13.2 Å². The Hall–Kier alpha value is -1.27. The highest BCUT2D eigenvalue weighted by atomic mass is 19.3. The molecular weight excluding hydrogens is 218 g/mol. The summed E-state index contributed by atoms with van der Waals surface area (Å²) >= 11 is 0. The zero-order valence-electron chi connectivity index (χ0n) is 8.95. The van der Waals surface area contributed by atoms with Gasteiger partial charge in [0.15, 0.2) is 0 Å². The Labute approximate surface area is 92.6 Å². The number of rotatable bonds is 7. The molecule has 0 aliphatic carbocycles. The van der Waals surface area contributed by atoms with Gasteiger partial charge in [0.2, 0.25) is 0 Å². The summed E-state index contributed by atoms with van der Waals surface area (Å²) < 4.78 is 32.7. The lowest BCUT2D eigenvalue weighted by molar-refractivity contribution is -0.0500. The lowest BCUT2D eigenvalue weighted by Gasteiger charge is -2.06. The van der Waals surface area contributed by atoms with Crippen molar-refractivity contribution in [1.29, 1.82) is 0 Å². The van der Waals surface area contributed by atoms with Crippen molar-refractivity contribution in [2.75, 3.05) is 20.3 Å². The molecule has 0 aromatic carbocycles. The second-order valence-corrected chi connectivity index (χ2v) is 3.03. The van der Waals surface area contributed by atoms with Gasteiger partial charge in [-0.3, -0.25) is 4.98 Å². The summed E-state index contributed by atoms with van der Waals surface area (Å²) in [6, 6.07) is 3.10. The minimum Gasteiger partial charge on any atom is -0.433 e. The zero-order chi connectivity index (χ0) is 11.8. The fourth-order valence-corrected chi connectivity index (χ4v) is 1.08. The van der Waals surface area contributed by atoms with Crippen molar-refractivity contribution in [3.05, 3.63) is 24.0 Å². The average Bonchev–Trinajstić information content (AvgIpc) is 2.26. The van der Waals surface area contributed by atoms with Gasteiger partial charge < -0.3 is 14.8 Å². The van der Waals surface area contributed by atoms with Crippen LogP contribution in [0, 0.1) is 0 Å². The Bertz CT molecular complexity index is 293. The van der Waals surface area contributed by atoms with E-state index in [9.17, 15) is 8.78 Å². The molecule has 0 amide bonds. The minimum atomic E-state index is -2.81. The molecule has 1 heterocycles. The van der Waals surface area contributed by atoms with Crippen LogP contribution < -0.4 is 10.1 Å². The summed E-state index contributed by atoms with van der Waals surface area (Å²) in [6.45, 7) is -0.911. The van der Waals surface area contributed by atoms with Crippen LogP contribution >= 0.6 is 0 Å². The summed E-state index contributed by atoms with van der Waals surface area (Å²) in [5.41, 5.74) is 0.762. The maximum atomic E-state index is 11.8. The van der Waals surface area contributed by atoms with Gasteiger partial charge in [-0.15, -0.1) is 0 Å². The van der Waals surface area contributed by atoms with Crippen LogP contribution in [0.4, 0.5) is 8.78 Å². The monoisotopic (exact) mass is 232 g/mol. The van der Waals surface area contributed by atoms with E-state index in [0.29, 0.717) is 19.7 Å². The van der Waals surface area contributed by atoms with Crippen LogP contribution in [0.25, 0.3) is 0 Å². The van der Waals surface area contributed by atoms with E-state index < -0.39 is 6.61 Å². The standard InChI is InChI=1S/C10H14F2N2O2/c1-15-5-4-13-6-8-2-3-9(7-14-8)16-10(11)12/h2-3,7,10,13H,4-6H2,1H3. The van der Waals surface area contributed by atoms with Crippen LogP contribution in [0.1, 0.15) is 5.69 Å². The van der Waals surface area contributed by atoms with Crippen molar-refractivity contribution in [3.63, 3.8) is 0 Å². The normalized spacial score (nSPS) is 10.8. The Balaban J connectivity index is 2.33. The van der Waals surface area contributed by atoms with E-state index in [2.05, 4.69) is 15.0 Å². The number of aromatic nitrogens is 1. The molecule has 0 atom stereocenters. The van der Waals surface area contributed by atoms with Gasteiger partial charge in [0.05, 0.1) is 18.5 Å². The van der Waals surface area contributed by atoms with Gasteiger partial charge in [0.25, 0.3) is 0 Å². The second kappa shape index (κ2) is 7.08. The molecule has 6 heteroatoms. The van der Waals surface area contributed by atoms with Gasteiger partial charge in [-0.25, -0.2) is 0 Å². The molecule has 0 saturated carbocycles. The van der Waals surface area contributed by atoms with E-state index in [1.807, 2.05) is 0 Å². The molecule has 0 spiro atoms. The summed E-state index contributed by atoms with van der Waals surface area (Å²) in [5, 5.41) is 3.09. The maximum Gasteiger partial charge on any atom is 0.387 e. The molecule has 0 fully saturated rings. The lowest BCUT2D eigenvalue weighted by Crippen LogP contribution is -2.19. The third kappa shape index (κ3) is 4.99. The molecule has 0 aliphatic heterocycles. The second-order valence-electron chi connectivity index (χ2n) is 3.03. The van der Waals surface area contributed by atoms with Gasteiger partial charge in [-0.05, 0) is 12.1 Å². The number of nitrogens with zero attached hydrogens (tertiary/aromatic N) is 1. The quantitative estimate of drug-likeness (QED) is 0.722. The predicted molar refractivity (Wildman–Crippen MR) is 54.5 cm³/mol. The van der Waals surface area contributed by atoms with Gasteiger partial charge >= 0.3 is 6.61 Å². The third-order valence-electron chi connectivity index (χ3n) is 1.81. The molecule has 1 N–H and O–H groups in total. The molecule has 1 aromatic heterocycles. The SMILES string of the molecule is COCCNCc1ccc(OC(F)F)cn1. The van der Waals surface area contributed by atoms with Crippen molar-refractivity contribution in [2.45, 2.75) is 13.2 Å². The number of pyridine rings is 1. The number of hydrogen-bond donors (Lipinski definition) is 1. The van der Waals surface area contributed by atoms with E-state index in [-0.39, 0.29) is 5.75 Å². The molecule has 0 radical (unpaired) electrons.